The maximum Gasteiger partial charge on any atom is 0.214 e. The molecule has 0 saturated carbocycles. The minimum atomic E-state index is -2.49. The molecular formula is C27H22ClNOPS+. The molecule has 0 aliphatic heterocycles. The van der Waals surface area contributed by atoms with E-state index in [0.717, 1.165) is 33.3 Å². The lowest BCUT2D eigenvalue weighted by atomic mass is 10.2. The lowest BCUT2D eigenvalue weighted by Crippen LogP contribution is -2.36. The SMILES string of the molecule is O=CN/C(=C(\S)c1ccc(Cl)cc1)[P+](c1ccccc1)(c1ccccc1)c1ccccc1. The maximum atomic E-state index is 12.0. The summed E-state index contributed by atoms with van der Waals surface area (Å²) in [7, 11) is -2.49. The van der Waals surface area contributed by atoms with Gasteiger partial charge in [-0.3, -0.25) is 10.1 Å². The molecule has 0 fully saturated rings. The lowest BCUT2D eigenvalue weighted by molar-refractivity contribution is -0.108. The lowest BCUT2D eigenvalue weighted by Gasteiger charge is -2.29. The molecular weight excluding hydrogens is 453 g/mol. The molecule has 2 nitrogen and oxygen atoms in total. The number of carbonyl (C=O) groups excluding carboxylic acids is 1. The summed E-state index contributed by atoms with van der Waals surface area (Å²) in [5.41, 5.74) is 1.66. The van der Waals surface area contributed by atoms with Gasteiger partial charge in [-0.25, -0.2) is 0 Å². The smallest absolute Gasteiger partial charge is 0.214 e. The highest BCUT2D eigenvalue weighted by Crippen LogP contribution is 2.63. The molecule has 4 aromatic rings. The Morgan fingerprint density at radius 3 is 1.47 bits per heavy atom. The summed E-state index contributed by atoms with van der Waals surface area (Å²) < 4.78 is 0. The zero-order valence-corrected chi connectivity index (χ0v) is 19.8. The Bertz CT molecular complexity index is 1120. The van der Waals surface area contributed by atoms with Crippen molar-refractivity contribution >= 4 is 58.7 Å². The van der Waals surface area contributed by atoms with Crippen LogP contribution in [-0.2, 0) is 4.79 Å². The monoisotopic (exact) mass is 474 g/mol. The quantitative estimate of drug-likeness (QED) is 0.203. The molecule has 1 N–H and O–H groups in total. The molecule has 0 spiro atoms. The predicted octanol–water partition coefficient (Wildman–Crippen LogP) is 5.64. The van der Waals surface area contributed by atoms with Crippen LogP contribution in [0.15, 0.2) is 121 Å². The predicted molar refractivity (Wildman–Crippen MR) is 142 cm³/mol. The van der Waals surface area contributed by atoms with E-state index in [4.69, 9.17) is 24.2 Å². The molecule has 0 aliphatic carbocycles. The first-order valence-corrected chi connectivity index (χ1v) is 12.7. The van der Waals surface area contributed by atoms with Gasteiger partial charge in [-0.1, -0.05) is 78.3 Å². The van der Waals surface area contributed by atoms with Crippen molar-refractivity contribution in [1.29, 1.82) is 0 Å². The Labute approximate surface area is 199 Å². The molecule has 0 unspecified atom stereocenters. The van der Waals surface area contributed by atoms with E-state index < -0.39 is 7.26 Å². The molecule has 0 radical (unpaired) electrons. The van der Waals surface area contributed by atoms with Crippen molar-refractivity contribution < 1.29 is 4.79 Å². The fraction of sp³-hybridized carbons (Fsp3) is 0. The zero-order valence-electron chi connectivity index (χ0n) is 17.2. The Morgan fingerprint density at radius 1 is 0.688 bits per heavy atom. The third-order valence-electron chi connectivity index (χ3n) is 5.30. The average molecular weight is 475 g/mol. The highest BCUT2D eigenvalue weighted by atomic mass is 35.5. The summed E-state index contributed by atoms with van der Waals surface area (Å²) in [6.45, 7) is 0. The van der Waals surface area contributed by atoms with E-state index in [1.807, 2.05) is 78.9 Å². The Morgan fingerprint density at radius 2 is 1.09 bits per heavy atom. The van der Waals surface area contributed by atoms with E-state index in [9.17, 15) is 4.79 Å². The first-order chi connectivity index (χ1) is 15.7. The van der Waals surface area contributed by atoms with Crippen LogP contribution in [0.1, 0.15) is 5.56 Å². The van der Waals surface area contributed by atoms with Gasteiger partial charge in [-0.15, -0.1) is 12.6 Å². The Balaban J connectivity index is 2.15. The molecule has 1 amide bonds. The van der Waals surface area contributed by atoms with Gasteiger partial charge in [0.2, 0.25) is 6.41 Å². The summed E-state index contributed by atoms with van der Waals surface area (Å²) in [5.74, 6) is 0. The zero-order chi connectivity index (χ0) is 22.4. The molecule has 32 heavy (non-hydrogen) atoms. The topological polar surface area (TPSA) is 29.1 Å². The van der Waals surface area contributed by atoms with Crippen LogP contribution in [0.2, 0.25) is 5.02 Å². The second-order valence-corrected chi connectivity index (χ2v) is 11.4. The molecule has 4 rings (SSSR count). The van der Waals surface area contributed by atoms with E-state index in [1.165, 1.54) is 0 Å². The van der Waals surface area contributed by atoms with Crippen LogP contribution in [-0.4, -0.2) is 6.41 Å². The van der Waals surface area contributed by atoms with Gasteiger partial charge in [0.05, 0.1) is 4.91 Å². The van der Waals surface area contributed by atoms with Crippen LogP contribution in [0.25, 0.3) is 4.91 Å². The molecule has 158 valence electrons. The molecule has 0 aromatic heterocycles. The highest BCUT2D eigenvalue weighted by molar-refractivity contribution is 8.00. The number of halogens is 1. The van der Waals surface area contributed by atoms with Crippen molar-refractivity contribution in [3.05, 3.63) is 131 Å². The second-order valence-electron chi connectivity index (χ2n) is 7.14. The number of rotatable bonds is 7. The standard InChI is InChI=1S/C27H21ClNOPS/c28-22-18-16-21(17-19-22)26(32)27(29-20-30)31(23-10-4-1-5-11-23,24-12-6-2-7-13-24)25-14-8-3-9-15-25/h1-20H,(H-,29,30,32)/p+1/b27-26+. The highest BCUT2D eigenvalue weighted by Gasteiger charge is 2.51. The normalized spacial score (nSPS) is 12.1. The largest absolute Gasteiger partial charge is 0.298 e. The van der Waals surface area contributed by atoms with Gasteiger partial charge >= 0.3 is 0 Å². The van der Waals surface area contributed by atoms with Crippen LogP contribution in [0.5, 0.6) is 0 Å². The molecule has 5 heteroatoms. The van der Waals surface area contributed by atoms with Crippen molar-refractivity contribution in [3.8, 4) is 0 Å². The average Bonchev–Trinajstić information content (AvgIpc) is 2.86. The molecule has 0 atom stereocenters. The third kappa shape index (κ3) is 4.25. The van der Waals surface area contributed by atoms with Crippen LogP contribution >= 0.6 is 31.5 Å². The van der Waals surface area contributed by atoms with Crippen LogP contribution in [0, 0.1) is 0 Å². The first kappa shape index (κ1) is 22.4. The van der Waals surface area contributed by atoms with E-state index in [0.29, 0.717) is 9.93 Å². The molecule has 0 heterocycles. The van der Waals surface area contributed by atoms with Crippen molar-refractivity contribution in [2.24, 2.45) is 0 Å². The van der Waals surface area contributed by atoms with E-state index in [2.05, 4.69) is 41.7 Å². The van der Waals surface area contributed by atoms with E-state index >= 15 is 0 Å². The number of hydrogen-bond acceptors (Lipinski definition) is 2. The van der Waals surface area contributed by atoms with Gasteiger partial charge in [-0.05, 0) is 54.1 Å². The van der Waals surface area contributed by atoms with Crippen molar-refractivity contribution in [1.82, 2.24) is 5.32 Å². The fourth-order valence-electron chi connectivity index (χ4n) is 3.91. The summed E-state index contributed by atoms with van der Waals surface area (Å²) in [6, 6.07) is 38.5. The fourth-order valence-corrected chi connectivity index (χ4v) is 8.92. The molecule has 0 bridgehead atoms. The Kier molecular flexibility index (Phi) is 7.12. The van der Waals surface area contributed by atoms with Crippen LogP contribution < -0.4 is 21.2 Å². The van der Waals surface area contributed by atoms with Gasteiger partial charge in [0.25, 0.3) is 0 Å². The number of nitrogens with one attached hydrogen (secondary N) is 1. The minimum absolute atomic E-state index is 0.648. The summed E-state index contributed by atoms with van der Waals surface area (Å²) in [6.07, 6.45) is 0.741. The van der Waals surface area contributed by atoms with Gasteiger partial charge in [0, 0.05) is 5.02 Å². The number of hydrogen-bond donors (Lipinski definition) is 2. The number of amides is 1. The summed E-state index contributed by atoms with van der Waals surface area (Å²) >= 11 is 11.1. The number of carbonyl (C=O) groups is 1. The van der Waals surface area contributed by atoms with Gasteiger partial charge < -0.3 is 0 Å². The van der Waals surface area contributed by atoms with Gasteiger partial charge in [-0.2, -0.15) is 0 Å². The third-order valence-corrected chi connectivity index (χ3v) is 10.5. The summed E-state index contributed by atoms with van der Waals surface area (Å²) in [4.78, 5) is 12.7. The molecule has 0 aliphatic rings. The minimum Gasteiger partial charge on any atom is -0.298 e. The second kappa shape index (κ2) is 10.2. The van der Waals surface area contributed by atoms with Crippen LogP contribution in [0.4, 0.5) is 0 Å². The maximum absolute atomic E-state index is 12.0. The Hall–Kier alpha value is -2.84. The number of thiol groups is 1. The van der Waals surface area contributed by atoms with Crippen molar-refractivity contribution in [3.63, 3.8) is 0 Å². The van der Waals surface area contributed by atoms with Gasteiger partial charge in [0.15, 0.2) is 12.7 Å². The summed E-state index contributed by atoms with van der Waals surface area (Å²) in [5, 5.41) is 7.10. The van der Waals surface area contributed by atoms with Crippen molar-refractivity contribution in [2.75, 3.05) is 0 Å². The van der Waals surface area contributed by atoms with Gasteiger partial charge in [0.1, 0.15) is 15.9 Å². The number of benzene rings is 4. The van der Waals surface area contributed by atoms with Crippen LogP contribution in [0.3, 0.4) is 0 Å². The van der Waals surface area contributed by atoms with Crippen molar-refractivity contribution in [2.45, 2.75) is 0 Å². The van der Waals surface area contributed by atoms with E-state index in [1.54, 1.807) is 0 Å². The van der Waals surface area contributed by atoms with E-state index in [-0.39, 0.29) is 0 Å². The molecule has 0 saturated heterocycles. The molecule has 4 aromatic carbocycles. The first-order valence-electron chi connectivity index (χ1n) is 10.1.